The number of anilines is 1. The monoisotopic (exact) mass is 392 g/mol. The van der Waals surface area contributed by atoms with Crippen LogP contribution in [0.25, 0.3) is 16.6 Å². The summed E-state index contributed by atoms with van der Waals surface area (Å²) in [6.45, 7) is 0.662. The standard InChI is InChI=1S/C21H20N4O4/c26-20(29-13-14-5-2-1-3-6-14)24-16-9-17-18(11-23-19(17)22-10-16)15-7-4-8-25(12-15)21(27)28/h1-3,5-6,9-12H,4,7-8,13H2,(H,22,23)(H,24,26)(H,27,28). The highest BCUT2D eigenvalue weighted by Crippen LogP contribution is 2.31. The number of carbonyl (C=O) groups excluding carboxylic acids is 1. The van der Waals surface area contributed by atoms with E-state index in [1.165, 1.54) is 4.90 Å². The highest BCUT2D eigenvalue weighted by Gasteiger charge is 2.19. The van der Waals surface area contributed by atoms with E-state index >= 15 is 0 Å². The van der Waals surface area contributed by atoms with Crippen molar-refractivity contribution in [1.29, 1.82) is 0 Å². The molecule has 8 nitrogen and oxygen atoms in total. The molecule has 2 amide bonds. The van der Waals surface area contributed by atoms with Gasteiger partial charge in [0, 0.05) is 29.9 Å². The van der Waals surface area contributed by atoms with Crippen LogP contribution in [-0.2, 0) is 11.3 Å². The Labute approximate surface area is 166 Å². The summed E-state index contributed by atoms with van der Waals surface area (Å²) in [7, 11) is 0. The number of nitrogens with one attached hydrogen (secondary N) is 2. The van der Waals surface area contributed by atoms with E-state index in [1.807, 2.05) is 36.5 Å². The molecular formula is C21H20N4O4. The third-order valence-corrected chi connectivity index (χ3v) is 4.74. The Morgan fingerprint density at radius 3 is 2.90 bits per heavy atom. The first-order valence-corrected chi connectivity index (χ1v) is 9.25. The van der Waals surface area contributed by atoms with Crippen LogP contribution >= 0.6 is 0 Å². The first-order chi connectivity index (χ1) is 14.1. The number of nitrogens with zero attached hydrogens (tertiary/aromatic N) is 2. The Morgan fingerprint density at radius 2 is 2.10 bits per heavy atom. The molecule has 0 saturated heterocycles. The molecule has 29 heavy (non-hydrogen) atoms. The van der Waals surface area contributed by atoms with E-state index in [0.717, 1.165) is 34.9 Å². The molecule has 0 bridgehead atoms. The fraction of sp³-hybridized carbons (Fsp3) is 0.190. The number of carboxylic acid groups (broad SMARTS) is 1. The Kier molecular flexibility index (Phi) is 5.15. The summed E-state index contributed by atoms with van der Waals surface area (Å²) in [5.74, 6) is 0. The molecule has 0 fully saturated rings. The average Bonchev–Trinajstić information content (AvgIpc) is 3.16. The lowest BCUT2D eigenvalue weighted by Gasteiger charge is -2.22. The van der Waals surface area contributed by atoms with E-state index in [0.29, 0.717) is 17.9 Å². The first kappa shape index (κ1) is 18.5. The summed E-state index contributed by atoms with van der Waals surface area (Å²) < 4.78 is 5.24. The number of hydrogen-bond acceptors (Lipinski definition) is 4. The molecule has 1 aliphatic rings. The maximum Gasteiger partial charge on any atom is 0.412 e. The molecule has 0 radical (unpaired) electrons. The van der Waals surface area contributed by atoms with Crippen LogP contribution in [0.4, 0.5) is 15.3 Å². The van der Waals surface area contributed by atoms with Gasteiger partial charge in [0.05, 0.1) is 11.9 Å². The number of rotatable bonds is 4. The van der Waals surface area contributed by atoms with Gasteiger partial charge in [-0.25, -0.2) is 14.6 Å². The number of aromatic nitrogens is 2. The van der Waals surface area contributed by atoms with Gasteiger partial charge < -0.3 is 14.8 Å². The molecular weight excluding hydrogens is 372 g/mol. The van der Waals surface area contributed by atoms with Crippen molar-refractivity contribution in [1.82, 2.24) is 14.9 Å². The summed E-state index contributed by atoms with van der Waals surface area (Å²) in [6.07, 6.45) is 5.00. The number of aromatic amines is 1. The predicted octanol–water partition coefficient (Wildman–Crippen LogP) is 4.43. The lowest BCUT2D eigenvalue weighted by molar-refractivity contribution is 0.155. The van der Waals surface area contributed by atoms with Crippen LogP contribution in [0.5, 0.6) is 0 Å². The summed E-state index contributed by atoms with van der Waals surface area (Å²) in [5.41, 5.74) is 3.85. The van der Waals surface area contributed by atoms with Crippen molar-refractivity contribution in [3.63, 3.8) is 0 Å². The number of H-pyrrole nitrogens is 1. The van der Waals surface area contributed by atoms with Crippen LogP contribution in [0.2, 0.25) is 0 Å². The van der Waals surface area contributed by atoms with Crippen LogP contribution in [0.1, 0.15) is 24.0 Å². The normalized spacial score (nSPS) is 13.8. The quantitative estimate of drug-likeness (QED) is 0.609. The van der Waals surface area contributed by atoms with Gasteiger partial charge in [0.15, 0.2) is 0 Å². The van der Waals surface area contributed by atoms with Crippen molar-refractivity contribution in [3.8, 4) is 0 Å². The van der Waals surface area contributed by atoms with E-state index in [-0.39, 0.29) is 6.61 Å². The predicted molar refractivity (Wildman–Crippen MR) is 108 cm³/mol. The smallest absolute Gasteiger partial charge is 0.412 e. The number of benzene rings is 1. The summed E-state index contributed by atoms with van der Waals surface area (Å²) in [4.78, 5) is 32.1. The summed E-state index contributed by atoms with van der Waals surface area (Å²) in [6, 6.07) is 11.2. The highest BCUT2D eigenvalue weighted by atomic mass is 16.5. The van der Waals surface area contributed by atoms with E-state index < -0.39 is 12.2 Å². The van der Waals surface area contributed by atoms with Crippen molar-refractivity contribution in [2.24, 2.45) is 0 Å². The van der Waals surface area contributed by atoms with Gasteiger partial charge in [-0.15, -0.1) is 0 Å². The van der Waals surface area contributed by atoms with Crippen LogP contribution < -0.4 is 5.32 Å². The molecule has 8 heteroatoms. The van der Waals surface area contributed by atoms with Gasteiger partial charge in [-0.3, -0.25) is 10.2 Å². The second-order valence-electron chi connectivity index (χ2n) is 6.74. The fourth-order valence-corrected chi connectivity index (χ4v) is 3.33. The minimum absolute atomic E-state index is 0.176. The molecule has 0 unspecified atom stereocenters. The summed E-state index contributed by atoms with van der Waals surface area (Å²) >= 11 is 0. The number of carbonyl (C=O) groups is 2. The molecule has 3 aromatic rings. The number of hydrogen-bond donors (Lipinski definition) is 3. The largest absolute Gasteiger partial charge is 0.465 e. The zero-order chi connectivity index (χ0) is 20.2. The van der Waals surface area contributed by atoms with Gasteiger partial charge in [0.25, 0.3) is 0 Å². The number of amides is 2. The van der Waals surface area contributed by atoms with Gasteiger partial charge in [-0.1, -0.05) is 30.3 Å². The molecule has 1 aliphatic heterocycles. The SMILES string of the molecule is O=C(Nc1cnc2[nH]cc(C3=CN(C(=O)O)CCC3)c2c1)OCc1ccccc1. The lowest BCUT2D eigenvalue weighted by Crippen LogP contribution is -2.27. The Bertz CT molecular complexity index is 1070. The van der Waals surface area contributed by atoms with Crippen molar-refractivity contribution in [2.45, 2.75) is 19.4 Å². The third-order valence-electron chi connectivity index (χ3n) is 4.74. The molecule has 0 spiro atoms. The van der Waals surface area contributed by atoms with E-state index in [1.54, 1.807) is 18.5 Å². The third kappa shape index (κ3) is 4.21. The molecule has 0 aliphatic carbocycles. The minimum atomic E-state index is -0.969. The number of allylic oxidation sites excluding steroid dienone is 1. The van der Waals surface area contributed by atoms with Crippen molar-refractivity contribution >= 4 is 34.5 Å². The van der Waals surface area contributed by atoms with Crippen LogP contribution in [0.15, 0.2) is 55.0 Å². The summed E-state index contributed by atoms with van der Waals surface area (Å²) in [5, 5.41) is 12.7. The van der Waals surface area contributed by atoms with Crippen molar-refractivity contribution < 1.29 is 19.4 Å². The number of ether oxygens (including phenoxy) is 1. The Morgan fingerprint density at radius 1 is 1.28 bits per heavy atom. The fourth-order valence-electron chi connectivity index (χ4n) is 3.33. The first-order valence-electron chi connectivity index (χ1n) is 9.25. The topological polar surface area (TPSA) is 108 Å². The number of pyridine rings is 1. The minimum Gasteiger partial charge on any atom is -0.465 e. The molecule has 3 heterocycles. The molecule has 2 aromatic heterocycles. The molecule has 1 aromatic carbocycles. The second-order valence-corrected chi connectivity index (χ2v) is 6.74. The number of fused-ring (bicyclic) bond motifs is 1. The second kappa shape index (κ2) is 8.05. The van der Waals surface area contributed by atoms with Gasteiger partial charge in [-0.05, 0) is 30.0 Å². The van der Waals surface area contributed by atoms with E-state index in [4.69, 9.17) is 4.74 Å². The van der Waals surface area contributed by atoms with Gasteiger partial charge in [-0.2, -0.15) is 0 Å². The Balaban J connectivity index is 1.51. The maximum atomic E-state index is 12.1. The van der Waals surface area contributed by atoms with Crippen LogP contribution in [-0.4, -0.2) is 38.7 Å². The van der Waals surface area contributed by atoms with Crippen LogP contribution in [0.3, 0.4) is 0 Å². The molecule has 3 N–H and O–H groups in total. The molecule has 148 valence electrons. The molecule has 0 saturated carbocycles. The average molecular weight is 392 g/mol. The highest BCUT2D eigenvalue weighted by molar-refractivity contribution is 5.95. The van der Waals surface area contributed by atoms with E-state index in [2.05, 4.69) is 15.3 Å². The zero-order valence-corrected chi connectivity index (χ0v) is 15.6. The van der Waals surface area contributed by atoms with Gasteiger partial charge >= 0.3 is 12.2 Å². The van der Waals surface area contributed by atoms with Crippen LogP contribution in [0, 0.1) is 0 Å². The zero-order valence-electron chi connectivity index (χ0n) is 15.6. The molecule has 0 atom stereocenters. The maximum absolute atomic E-state index is 12.1. The van der Waals surface area contributed by atoms with Crippen molar-refractivity contribution in [2.75, 3.05) is 11.9 Å². The van der Waals surface area contributed by atoms with Gasteiger partial charge in [0.1, 0.15) is 12.3 Å². The lowest BCUT2D eigenvalue weighted by atomic mass is 9.99. The molecule has 4 rings (SSSR count). The Hall–Kier alpha value is -3.81. The van der Waals surface area contributed by atoms with E-state index in [9.17, 15) is 14.7 Å². The van der Waals surface area contributed by atoms with Crippen molar-refractivity contribution in [3.05, 3.63) is 66.1 Å². The van der Waals surface area contributed by atoms with Gasteiger partial charge in [0.2, 0.25) is 0 Å².